The highest BCUT2D eigenvalue weighted by Crippen LogP contribution is 2.17. The van der Waals surface area contributed by atoms with Crippen LogP contribution in [0.2, 0.25) is 0 Å². The van der Waals surface area contributed by atoms with Crippen molar-refractivity contribution in [3.8, 4) is 0 Å². The van der Waals surface area contributed by atoms with Gasteiger partial charge in [-0.05, 0) is 43.3 Å². The number of likely N-dealkylation sites (N-methyl/N-ethyl adjacent to an activating group) is 1. The first-order valence-electron chi connectivity index (χ1n) is 5.36. The second kappa shape index (κ2) is 6.20. The van der Waals surface area contributed by atoms with E-state index in [0.717, 1.165) is 11.3 Å². The number of anilines is 1. The number of rotatable bonds is 3. The number of hydrogen-bond acceptors (Lipinski definition) is 2. The van der Waals surface area contributed by atoms with Gasteiger partial charge in [-0.25, -0.2) is 0 Å². The zero-order chi connectivity index (χ0) is 12.8. The molecule has 0 aliphatic heterocycles. The number of thiocarbonyl (C=S) groups is 1. The first-order chi connectivity index (χ1) is 8.04. The van der Waals surface area contributed by atoms with Crippen molar-refractivity contribution in [3.63, 3.8) is 0 Å². The molecule has 0 aliphatic rings. The fourth-order valence-electron chi connectivity index (χ4n) is 1.30. The van der Waals surface area contributed by atoms with Crippen LogP contribution in [0.3, 0.4) is 0 Å². The van der Waals surface area contributed by atoms with Crippen LogP contribution < -0.4 is 16.0 Å². The molecule has 0 spiro atoms. The van der Waals surface area contributed by atoms with Crippen LogP contribution in [0.1, 0.15) is 11.1 Å². The zero-order valence-corrected chi connectivity index (χ0v) is 11.1. The van der Waals surface area contributed by atoms with E-state index in [9.17, 15) is 4.79 Å². The molecule has 0 fully saturated rings. The molecule has 0 aromatic heterocycles. The van der Waals surface area contributed by atoms with Crippen molar-refractivity contribution < 1.29 is 4.79 Å². The number of carbonyl (C=O) groups is 1. The van der Waals surface area contributed by atoms with E-state index < -0.39 is 0 Å². The Hall–Kier alpha value is -1.62. The van der Waals surface area contributed by atoms with Crippen LogP contribution in [0.15, 0.2) is 18.2 Å². The van der Waals surface area contributed by atoms with Crippen LogP contribution in [-0.4, -0.2) is 24.6 Å². The van der Waals surface area contributed by atoms with Gasteiger partial charge in [-0.2, -0.15) is 0 Å². The Morgan fingerprint density at radius 1 is 1.35 bits per heavy atom. The van der Waals surface area contributed by atoms with Gasteiger partial charge in [0.2, 0.25) is 5.91 Å². The Balaban J connectivity index is 2.56. The molecule has 1 amide bonds. The lowest BCUT2D eigenvalue weighted by molar-refractivity contribution is -0.119. The second-order valence-electron chi connectivity index (χ2n) is 3.73. The average molecular weight is 251 g/mol. The molecule has 0 radical (unpaired) electrons. The van der Waals surface area contributed by atoms with Crippen molar-refractivity contribution in [2.75, 3.05) is 18.9 Å². The molecule has 3 N–H and O–H groups in total. The van der Waals surface area contributed by atoms with Gasteiger partial charge in [-0.15, -0.1) is 0 Å². The summed E-state index contributed by atoms with van der Waals surface area (Å²) >= 11 is 5.10. The van der Waals surface area contributed by atoms with Crippen molar-refractivity contribution in [1.82, 2.24) is 10.6 Å². The highest BCUT2D eigenvalue weighted by atomic mass is 32.1. The smallest absolute Gasteiger partial charge is 0.239 e. The lowest BCUT2D eigenvalue weighted by Crippen LogP contribution is -2.37. The molecule has 17 heavy (non-hydrogen) atoms. The minimum absolute atomic E-state index is 0.102. The molecule has 1 aromatic rings. The summed E-state index contributed by atoms with van der Waals surface area (Å²) in [7, 11) is 1.59. The predicted molar refractivity (Wildman–Crippen MR) is 74.2 cm³/mol. The number of amides is 1. The molecule has 1 rings (SSSR count). The molecule has 4 nitrogen and oxygen atoms in total. The molecule has 0 saturated heterocycles. The van der Waals surface area contributed by atoms with Gasteiger partial charge in [-0.1, -0.05) is 12.1 Å². The van der Waals surface area contributed by atoms with E-state index in [2.05, 4.69) is 16.0 Å². The summed E-state index contributed by atoms with van der Waals surface area (Å²) in [5, 5.41) is 8.87. The van der Waals surface area contributed by atoms with Crippen LogP contribution >= 0.6 is 12.2 Å². The Bertz CT molecular complexity index is 432. The molecule has 0 aliphatic carbocycles. The van der Waals surface area contributed by atoms with Crippen LogP contribution in [0.25, 0.3) is 0 Å². The summed E-state index contributed by atoms with van der Waals surface area (Å²) < 4.78 is 0. The van der Waals surface area contributed by atoms with Crippen molar-refractivity contribution in [3.05, 3.63) is 29.3 Å². The van der Waals surface area contributed by atoms with Gasteiger partial charge in [0.25, 0.3) is 0 Å². The molecule has 5 heteroatoms. The highest BCUT2D eigenvalue weighted by molar-refractivity contribution is 7.80. The van der Waals surface area contributed by atoms with E-state index in [0.29, 0.717) is 5.11 Å². The molecule has 1 aromatic carbocycles. The largest absolute Gasteiger partial charge is 0.358 e. The Morgan fingerprint density at radius 2 is 2.06 bits per heavy atom. The summed E-state index contributed by atoms with van der Waals surface area (Å²) in [5.41, 5.74) is 3.31. The number of carbonyl (C=O) groups excluding carboxylic acids is 1. The quantitative estimate of drug-likeness (QED) is 0.710. The lowest BCUT2D eigenvalue weighted by atomic mass is 10.1. The van der Waals surface area contributed by atoms with Crippen LogP contribution in [0.4, 0.5) is 5.69 Å². The summed E-state index contributed by atoms with van der Waals surface area (Å²) in [6.45, 7) is 4.24. The lowest BCUT2D eigenvalue weighted by Gasteiger charge is -2.13. The Morgan fingerprint density at radius 3 is 2.71 bits per heavy atom. The van der Waals surface area contributed by atoms with Gasteiger partial charge in [0.1, 0.15) is 0 Å². The number of benzene rings is 1. The van der Waals surface area contributed by atoms with Crippen LogP contribution in [0.5, 0.6) is 0 Å². The maximum atomic E-state index is 11.0. The molecule has 0 unspecified atom stereocenters. The third-order valence-electron chi connectivity index (χ3n) is 2.54. The minimum Gasteiger partial charge on any atom is -0.358 e. The van der Waals surface area contributed by atoms with E-state index in [1.165, 1.54) is 5.56 Å². The van der Waals surface area contributed by atoms with Crippen molar-refractivity contribution in [2.24, 2.45) is 0 Å². The molecular weight excluding hydrogens is 234 g/mol. The summed E-state index contributed by atoms with van der Waals surface area (Å²) in [6.07, 6.45) is 0. The first kappa shape index (κ1) is 13.4. The predicted octanol–water partition coefficient (Wildman–Crippen LogP) is 1.34. The minimum atomic E-state index is -0.102. The van der Waals surface area contributed by atoms with E-state index in [-0.39, 0.29) is 12.5 Å². The SMILES string of the molecule is CNC(=O)CNC(=S)Nc1cccc(C)c1C. The topological polar surface area (TPSA) is 53.2 Å². The number of hydrogen-bond donors (Lipinski definition) is 3. The molecular formula is C12H17N3OS. The van der Waals surface area contributed by atoms with E-state index in [4.69, 9.17) is 12.2 Å². The standard InChI is InChI=1S/C12H17N3OS/c1-8-5-4-6-10(9(8)2)15-12(17)14-7-11(16)13-3/h4-6H,7H2,1-3H3,(H,13,16)(H2,14,15,17). The van der Waals surface area contributed by atoms with E-state index in [1.807, 2.05) is 32.0 Å². The number of nitrogens with one attached hydrogen (secondary N) is 3. The maximum Gasteiger partial charge on any atom is 0.239 e. The molecule has 92 valence electrons. The van der Waals surface area contributed by atoms with Crippen LogP contribution in [-0.2, 0) is 4.79 Å². The highest BCUT2D eigenvalue weighted by Gasteiger charge is 2.03. The van der Waals surface area contributed by atoms with E-state index in [1.54, 1.807) is 7.05 Å². The third kappa shape index (κ3) is 4.03. The van der Waals surface area contributed by atoms with Gasteiger partial charge in [0, 0.05) is 12.7 Å². The summed E-state index contributed by atoms with van der Waals surface area (Å²) in [4.78, 5) is 11.0. The van der Waals surface area contributed by atoms with Gasteiger partial charge >= 0.3 is 0 Å². The average Bonchev–Trinajstić information content (AvgIpc) is 2.32. The van der Waals surface area contributed by atoms with Crippen molar-refractivity contribution >= 4 is 28.9 Å². The second-order valence-corrected chi connectivity index (χ2v) is 4.14. The molecule has 0 heterocycles. The van der Waals surface area contributed by atoms with Crippen LogP contribution in [0, 0.1) is 13.8 Å². The van der Waals surface area contributed by atoms with Gasteiger partial charge < -0.3 is 16.0 Å². The van der Waals surface area contributed by atoms with Crippen molar-refractivity contribution in [1.29, 1.82) is 0 Å². The van der Waals surface area contributed by atoms with Gasteiger partial charge in [0.15, 0.2) is 5.11 Å². The maximum absolute atomic E-state index is 11.0. The fraction of sp³-hybridized carbons (Fsp3) is 0.333. The molecule has 0 bridgehead atoms. The molecule has 0 saturated carbocycles. The third-order valence-corrected chi connectivity index (χ3v) is 2.79. The Kier molecular flexibility index (Phi) is 4.90. The van der Waals surface area contributed by atoms with Crippen molar-refractivity contribution in [2.45, 2.75) is 13.8 Å². The Labute approximate surface area is 107 Å². The zero-order valence-electron chi connectivity index (χ0n) is 10.3. The summed E-state index contributed by atoms with van der Waals surface area (Å²) in [5.74, 6) is -0.102. The van der Waals surface area contributed by atoms with E-state index >= 15 is 0 Å². The van der Waals surface area contributed by atoms with Gasteiger partial charge in [0.05, 0.1) is 6.54 Å². The first-order valence-corrected chi connectivity index (χ1v) is 5.77. The van der Waals surface area contributed by atoms with Gasteiger partial charge in [-0.3, -0.25) is 4.79 Å². The normalized spacial score (nSPS) is 9.59. The monoisotopic (exact) mass is 251 g/mol. The fourth-order valence-corrected chi connectivity index (χ4v) is 1.48. The number of aryl methyl sites for hydroxylation is 1. The summed E-state index contributed by atoms with van der Waals surface area (Å²) in [6, 6.07) is 5.96. The molecule has 0 atom stereocenters.